The molecule has 0 saturated carbocycles. The lowest BCUT2D eigenvalue weighted by atomic mass is 10.00. The molecule has 166 valence electrons. The first-order valence-electron chi connectivity index (χ1n) is 9.83. The number of fused-ring (bicyclic) bond motifs is 2. The molecule has 2 aromatic carbocycles. The molecule has 1 aliphatic heterocycles. The van der Waals surface area contributed by atoms with E-state index in [9.17, 15) is 22.0 Å². The van der Waals surface area contributed by atoms with E-state index in [1.54, 1.807) is 36.1 Å². The lowest BCUT2D eigenvalue weighted by Gasteiger charge is -2.10. The van der Waals surface area contributed by atoms with E-state index in [2.05, 4.69) is 9.82 Å². The molecule has 0 bridgehead atoms. The van der Waals surface area contributed by atoms with Crippen LogP contribution in [0.5, 0.6) is 0 Å². The summed E-state index contributed by atoms with van der Waals surface area (Å²) in [6.45, 7) is 0.188. The quantitative estimate of drug-likeness (QED) is 0.505. The van der Waals surface area contributed by atoms with Gasteiger partial charge >= 0.3 is 5.69 Å². The molecule has 1 N–H and O–H groups in total. The van der Waals surface area contributed by atoms with Crippen molar-refractivity contribution in [3.63, 3.8) is 0 Å². The zero-order chi connectivity index (χ0) is 22.8. The lowest BCUT2D eigenvalue weighted by Crippen LogP contribution is -2.36. The fraction of sp³-hybridized carbons (Fsp3) is 0.238. The van der Waals surface area contributed by atoms with Gasteiger partial charge in [0.25, 0.3) is 0 Å². The Morgan fingerprint density at radius 2 is 1.81 bits per heavy atom. The summed E-state index contributed by atoms with van der Waals surface area (Å²) in [5.74, 6) is -1.18. The molecule has 32 heavy (non-hydrogen) atoms. The van der Waals surface area contributed by atoms with Crippen molar-refractivity contribution in [3.8, 4) is 16.9 Å². The average Bonchev–Trinajstić information content (AvgIpc) is 3.33. The van der Waals surface area contributed by atoms with Crippen LogP contribution in [0.3, 0.4) is 0 Å². The van der Waals surface area contributed by atoms with Gasteiger partial charge < -0.3 is 0 Å². The molecule has 8 nitrogen and oxygen atoms in total. The lowest BCUT2D eigenvalue weighted by molar-refractivity contribution is 0.536. The van der Waals surface area contributed by atoms with Gasteiger partial charge in [0.05, 0.1) is 22.7 Å². The minimum Gasteiger partial charge on any atom is -0.294 e. The third-order valence-corrected chi connectivity index (χ3v) is 6.38. The Morgan fingerprint density at radius 3 is 2.47 bits per heavy atom. The Hall–Kier alpha value is -3.31. The third-order valence-electron chi connectivity index (χ3n) is 5.62. The minimum atomic E-state index is -3.41. The van der Waals surface area contributed by atoms with E-state index in [1.165, 1.54) is 27.3 Å². The Kier molecular flexibility index (Phi) is 4.57. The number of nitrogens with one attached hydrogen (secondary N) is 1. The molecule has 2 aromatic heterocycles. The average molecular weight is 459 g/mol. The highest BCUT2D eigenvalue weighted by molar-refractivity contribution is 7.88. The highest BCUT2D eigenvalue weighted by Gasteiger charge is 2.29. The Bertz CT molecular complexity index is 1530. The van der Waals surface area contributed by atoms with Crippen LogP contribution in [0.1, 0.15) is 5.69 Å². The highest BCUT2D eigenvalue weighted by atomic mass is 32.2. The summed E-state index contributed by atoms with van der Waals surface area (Å²) in [5.41, 5.74) is 0.946. The van der Waals surface area contributed by atoms with Crippen molar-refractivity contribution in [3.05, 3.63) is 70.4 Å². The van der Waals surface area contributed by atoms with Crippen LogP contribution in [-0.2, 0) is 30.0 Å². The molecule has 5 rings (SSSR count). The number of benzene rings is 2. The maximum atomic E-state index is 14.6. The van der Waals surface area contributed by atoms with Crippen LogP contribution in [0.25, 0.3) is 27.8 Å². The van der Waals surface area contributed by atoms with Gasteiger partial charge in [-0.3, -0.25) is 9.25 Å². The monoisotopic (exact) mass is 459 g/mol. The second kappa shape index (κ2) is 7.10. The zero-order valence-electron chi connectivity index (χ0n) is 17.2. The maximum absolute atomic E-state index is 14.6. The van der Waals surface area contributed by atoms with Crippen molar-refractivity contribution < 1.29 is 17.2 Å². The predicted octanol–water partition coefficient (Wildman–Crippen LogP) is 1.94. The molecule has 4 aromatic rings. The van der Waals surface area contributed by atoms with Crippen molar-refractivity contribution in [2.75, 3.05) is 6.26 Å². The summed E-state index contributed by atoms with van der Waals surface area (Å²) in [5, 5.41) is 4.91. The van der Waals surface area contributed by atoms with Crippen molar-refractivity contribution in [2.24, 2.45) is 7.05 Å². The van der Waals surface area contributed by atoms with Crippen molar-refractivity contribution in [1.82, 2.24) is 23.6 Å². The zero-order valence-corrected chi connectivity index (χ0v) is 18.0. The number of sulfonamides is 1. The fourth-order valence-electron chi connectivity index (χ4n) is 4.38. The molecule has 0 spiro atoms. The summed E-state index contributed by atoms with van der Waals surface area (Å²) in [6.07, 6.45) is 3.01. The fourth-order valence-corrected chi connectivity index (χ4v) is 5.14. The van der Waals surface area contributed by atoms with Gasteiger partial charge in [-0.1, -0.05) is 18.2 Å². The summed E-state index contributed by atoms with van der Waals surface area (Å²) in [7, 11) is -1.72. The second-order valence-electron chi connectivity index (χ2n) is 7.92. The van der Waals surface area contributed by atoms with Crippen LogP contribution in [0, 0.1) is 11.6 Å². The molecule has 1 atom stereocenters. The van der Waals surface area contributed by atoms with Crippen molar-refractivity contribution in [1.29, 1.82) is 0 Å². The summed E-state index contributed by atoms with van der Waals surface area (Å²) < 4.78 is 59.2. The van der Waals surface area contributed by atoms with Crippen LogP contribution in [-0.4, -0.2) is 39.6 Å². The largest absolute Gasteiger partial charge is 0.334 e. The number of nitrogens with zero attached hydrogens (tertiary/aromatic N) is 4. The number of aryl methyl sites for hydroxylation is 1. The van der Waals surface area contributed by atoms with Crippen LogP contribution in [0.2, 0.25) is 0 Å². The number of hydrogen-bond acceptors (Lipinski definition) is 4. The van der Waals surface area contributed by atoms with Crippen molar-refractivity contribution in [2.45, 2.75) is 19.0 Å². The number of aromatic nitrogens is 4. The van der Waals surface area contributed by atoms with Gasteiger partial charge in [0.2, 0.25) is 10.0 Å². The first-order valence-corrected chi connectivity index (χ1v) is 11.7. The molecule has 0 amide bonds. The number of rotatable bonds is 4. The summed E-state index contributed by atoms with van der Waals surface area (Å²) in [6, 6.07) is 8.28. The van der Waals surface area contributed by atoms with Crippen molar-refractivity contribution >= 4 is 20.9 Å². The smallest absolute Gasteiger partial charge is 0.294 e. The van der Waals surface area contributed by atoms with Gasteiger partial charge in [-0.15, -0.1) is 0 Å². The van der Waals surface area contributed by atoms with E-state index in [4.69, 9.17) is 0 Å². The van der Waals surface area contributed by atoms with E-state index in [0.717, 1.165) is 6.26 Å². The Labute approximate surface area is 181 Å². The predicted molar refractivity (Wildman–Crippen MR) is 115 cm³/mol. The standard InChI is InChI=1S/C21H19F2N5O3S/c1-26-17-8-3-5-14(18-15(22)6-4-7-16(18)23)19(17)20(24-26)28-11-13-9-12(25-32(2,30)31)10-27(13)21(28)29/h3-8,11-12,25H,9-10H2,1-2H3/t12-/m0/s1. The van der Waals surface area contributed by atoms with Crippen LogP contribution >= 0.6 is 0 Å². The van der Waals surface area contributed by atoms with Gasteiger partial charge in [-0.05, 0) is 18.2 Å². The van der Waals surface area contributed by atoms with Crippen LogP contribution in [0.4, 0.5) is 8.78 Å². The Balaban J connectivity index is 1.69. The molecule has 3 heterocycles. The minimum absolute atomic E-state index is 0.188. The highest BCUT2D eigenvalue weighted by Crippen LogP contribution is 2.35. The molecule has 0 saturated heterocycles. The molecule has 0 radical (unpaired) electrons. The van der Waals surface area contributed by atoms with E-state index >= 15 is 0 Å². The molecular formula is C21H19F2N5O3S. The number of imidazole rings is 1. The van der Waals surface area contributed by atoms with E-state index in [0.29, 0.717) is 23.0 Å². The normalized spacial score (nSPS) is 16.1. The SMILES string of the molecule is Cn1nc(-n2cc3n(c2=O)C[C@@H](NS(C)(=O)=O)C3)c2c(-c3c(F)cccc3F)cccc21. The van der Waals surface area contributed by atoms with E-state index in [1.807, 2.05) is 0 Å². The van der Waals surface area contributed by atoms with E-state index in [-0.39, 0.29) is 23.5 Å². The van der Waals surface area contributed by atoms with Gasteiger partial charge in [0.1, 0.15) is 11.6 Å². The number of hydrogen-bond donors (Lipinski definition) is 1. The van der Waals surface area contributed by atoms with Crippen LogP contribution in [0.15, 0.2) is 47.4 Å². The second-order valence-corrected chi connectivity index (χ2v) is 9.70. The summed E-state index contributed by atoms with van der Waals surface area (Å²) in [4.78, 5) is 13.2. The van der Waals surface area contributed by atoms with E-state index < -0.39 is 33.4 Å². The van der Waals surface area contributed by atoms with Gasteiger partial charge in [0, 0.05) is 43.5 Å². The summed E-state index contributed by atoms with van der Waals surface area (Å²) >= 11 is 0. The first kappa shape index (κ1) is 20.6. The maximum Gasteiger partial charge on any atom is 0.334 e. The molecule has 0 unspecified atom stereocenters. The first-order chi connectivity index (χ1) is 15.1. The van der Waals surface area contributed by atoms with Gasteiger partial charge in [-0.2, -0.15) is 5.10 Å². The molecular weight excluding hydrogens is 440 g/mol. The molecule has 0 aliphatic carbocycles. The van der Waals surface area contributed by atoms with Crippen LogP contribution < -0.4 is 10.4 Å². The van der Waals surface area contributed by atoms with Gasteiger partial charge in [0.15, 0.2) is 5.82 Å². The van der Waals surface area contributed by atoms with Gasteiger partial charge in [-0.25, -0.2) is 31.3 Å². The topological polar surface area (TPSA) is 90.9 Å². The molecule has 1 aliphatic rings. The number of halogens is 2. The third kappa shape index (κ3) is 3.24. The molecule has 0 fully saturated rings. The Morgan fingerprint density at radius 1 is 1.12 bits per heavy atom. The molecule has 11 heteroatoms.